The summed E-state index contributed by atoms with van der Waals surface area (Å²) in [5.41, 5.74) is 5.68. The molecule has 5 aromatic rings. The topological polar surface area (TPSA) is 92.2 Å². The van der Waals surface area contributed by atoms with E-state index in [0.29, 0.717) is 68.5 Å². The molecule has 0 bridgehead atoms. The van der Waals surface area contributed by atoms with Gasteiger partial charge in [0.1, 0.15) is 5.82 Å². The number of halogens is 3. The Labute approximate surface area is 245 Å². The van der Waals surface area contributed by atoms with Gasteiger partial charge in [-0.3, -0.25) is 9.59 Å². The first kappa shape index (κ1) is 28.2. The monoisotopic (exact) mass is 587 g/mol. The Morgan fingerprint density at radius 1 is 0.756 bits per heavy atom. The highest BCUT2D eigenvalue weighted by Gasteiger charge is 2.15. The summed E-state index contributed by atoms with van der Waals surface area (Å²) in [6.07, 6.45) is 0.551. The fraction of sp³-hybridized carbons (Fsp3) is 0.125. The summed E-state index contributed by atoms with van der Waals surface area (Å²) in [4.78, 5) is 33.8. The number of fused-ring (bicyclic) bond motifs is 1. The van der Waals surface area contributed by atoms with E-state index < -0.39 is 11.8 Å². The maximum absolute atomic E-state index is 14.2. The number of aryl methyl sites for hydroxylation is 2. The lowest BCUT2D eigenvalue weighted by atomic mass is 10.0. The second-order valence-electron chi connectivity index (χ2n) is 9.58. The van der Waals surface area contributed by atoms with Gasteiger partial charge >= 0.3 is 5.97 Å². The van der Waals surface area contributed by atoms with Crippen LogP contribution >= 0.6 is 23.2 Å². The van der Waals surface area contributed by atoms with Crippen LogP contribution in [0.1, 0.15) is 32.7 Å². The number of carboxylic acids is 1. The van der Waals surface area contributed by atoms with Gasteiger partial charge in [0.15, 0.2) is 0 Å². The van der Waals surface area contributed by atoms with Gasteiger partial charge in [-0.15, -0.1) is 0 Å². The Balaban J connectivity index is 1.45. The Hall–Kier alpha value is -4.33. The van der Waals surface area contributed by atoms with E-state index in [1.165, 1.54) is 12.1 Å². The van der Waals surface area contributed by atoms with Crippen molar-refractivity contribution in [1.82, 2.24) is 15.3 Å². The smallest absolute Gasteiger partial charge is 0.307 e. The number of amides is 1. The number of carboxylic acid groups (broad SMARTS) is 1. The molecule has 1 amide bonds. The van der Waals surface area contributed by atoms with Crippen LogP contribution in [0.4, 0.5) is 4.39 Å². The predicted octanol–water partition coefficient (Wildman–Crippen LogP) is 7.09. The average molecular weight is 588 g/mol. The van der Waals surface area contributed by atoms with Gasteiger partial charge in [-0.1, -0.05) is 53.5 Å². The summed E-state index contributed by atoms with van der Waals surface area (Å²) in [5.74, 6) is -1.77. The van der Waals surface area contributed by atoms with Gasteiger partial charge in [-0.25, -0.2) is 14.4 Å². The summed E-state index contributed by atoms with van der Waals surface area (Å²) in [6.45, 7) is 0.345. The molecular weight excluding hydrogens is 564 g/mol. The van der Waals surface area contributed by atoms with Crippen molar-refractivity contribution >= 4 is 46.1 Å². The third-order valence-electron chi connectivity index (χ3n) is 6.51. The third kappa shape index (κ3) is 7.25. The van der Waals surface area contributed by atoms with Crippen LogP contribution in [0.15, 0.2) is 84.9 Å². The Morgan fingerprint density at radius 2 is 1.44 bits per heavy atom. The lowest BCUT2D eigenvalue weighted by Gasteiger charge is -2.12. The molecule has 1 aromatic heterocycles. The molecule has 0 aliphatic rings. The first-order valence-electron chi connectivity index (χ1n) is 12.8. The Bertz CT molecular complexity index is 1740. The van der Waals surface area contributed by atoms with Gasteiger partial charge < -0.3 is 10.4 Å². The van der Waals surface area contributed by atoms with Crippen LogP contribution in [-0.4, -0.2) is 27.0 Å². The molecule has 2 N–H and O–H groups in total. The largest absolute Gasteiger partial charge is 0.481 e. The van der Waals surface area contributed by atoms with Crippen molar-refractivity contribution < 1.29 is 19.1 Å². The molecule has 0 fully saturated rings. The van der Waals surface area contributed by atoms with Crippen LogP contribution in [0.3, 0.4) is 0 Å². The first-order chi connectivity index (χ1) is 19.7. The number of rotatable bonds is 9. The number of hydrogen-bond donors (Lipinski definition) is 2. The number of nitrogens with one attached hydrogen (secondary N) is 1. The number of carbonyl (C=O) groups excluding carboxylic acids is 1. The Kier molecular flexibility index (Phi) is 8.57. The average Bonchev–Trinajstić information content (AvgIpc) is 2.94. The molecule has 0 atom stereocenters. The van der Waals surface area contributed by atoms with Gasteiger partial charge in [0.05, 0.1) is 28.8 Å². The molecule has 0 saturated carbocycles. The Morgan fingerprint density at radius 3 is 2.15 bits per heavy atom. The fourth-order valence-corrected chi connectivity index (χ4v) is 4.79. The first-order valence-corrected chi connectivity index (χ1v) is 13.6. The van der Waals surface area contributed by atoms with Crippen LogP contribution in [0, 0.1) is 5.82 Å². The van der Waals surface area contributed by atoms with Gasteiger partial charge in [-0.05, 0) is 84.1 Å². The SMILES string of the molecule is O=C(O)Cc1cc(F)cc(CCc2nc3cc(C(=O)NCc4ccc(Cl)cc4)ccc3nc2-c2ccc(Cl)cc2)c1. The number of nitrogens with zero attached hydrogens (tertiary/aromatic N) is 2. The highest BCUT2D eigenvalue weighted by Crippen LogP contribution is 2.27. The van der Waals surface area contributed by atoms with Gasteiger partial charge in [0.25, 0.3) is 5.91 Å². The minimum atomic E-state index is -1.03. The molecule has 1 heterocycles. The molecule has 9 heteroatoms. The fourth-order valence-electron chi connectivity index (χ4n) is 4.53. The van der Waals surface area contributed by atoms with Gasteiger partial charge in [0, 0.05) is 27.7 Å². The highest BCUT2D eigenvalue weighted by molar-refractivity contribution is 6.30. The molecule has 6 nitrogen and oxygen atoms in total. The highest BCUT2D eigenvalue weighted by atomic mass is 35.5. The second-order valence-corrected chi connectivity index (χ2v) is 10.4. The van der Waals surface area contributed by atoms with E-state index >= 15 is 0 Å². The number of aliphatic carboxylic acids is 1. The predicted molar refractivity (Wildman–Crippen MR) is 158 cm³/mol. The summed E-state index contributed by atoms with van der Waals surface area (Å²) in [6, 6.07) is 24.0. The standard InChI is InChI=1S/C32H24Cl2FN3O3/c33-24-7-1-19(2-8-24)18-36-32(41)23-6-12-27-29(17-23)37-28(31(38-27)22-4-9-25(34)10-5-22)11-3-20-13-21(16-30(39)40)15-26(35)14-20/h1-2,4-10,12-15,17H,3,11,16,18H2,(H,36,41)(H,39,40). The van der Waals surface area contributed by atoms with Crippen LogP contribution in [0.25, 0.3) is 22.3 Å². The number of carbonyl (C=O) groups is 2. The van der Waals surface area contributed by atoms with E-state index in [9.17, 15) is 14.0 Å². The third-order valence-corrected chi connectivity index (χ3v) is 7.01. The van der Waals surface area contributed by atoms with Crippen molar-refractivity contribution in [1.29, 1.82) is 0 Å². The second kappa shape index (κ2) is 12.5. The number of benzene rings is 4. The van der Waals surface area contributed by atoms with Gasteiger partial charge in [0.2, 0.25) is 0 Å². The molecule has 5 rings (SSSR count). The lowest BCUT2D eigenvalue weighted by Crippen LogP contribution is -2.22. The zero-order valence-corrected chi connectivity index (χ0v) is 23.2. The molecule has 0 unspecified atom stereocenters. The summed E-state index contributed by atoms with van der Waals surface area (Å²) < 4.78 is 14.2. The van der Waals surface area contributed by atoms with E-state index in [4.69, 9.17) is 38.3 Å². The molecule has 41 heavy (non-hydrogen) atoms. The quantitative estimate of drug-likeness (QED) is 0.192. The zero-order valence-electron chi connectivity index (χ0n) is 21.7. The molecule has 0 saturated heterocycles. The van der Waals surface area contributed by atoms with E-state index in [1.54, 1.807) is 48.5 Å². The van der Waals surface area contributed by atoms with Crippen LogP contribution in [-0.2, 0) is 30.6 Å². The summed E-state index contributed by atoms with van der Waals surface area (Å²) in [5, 5.41) is 13.2. The van der Waals surface area contributed by atoms with E-state index in [-0.39, 0.29) is 12.3 Å². The summed E-state index contributed by atoms with van der Waals surface area (Å²) >= 11 is 12.0. The maximum Gasteiger partial charge on any atom is 0.307 e. The lowest BCUT2D eigenvalue weighted by molar-refractivity contribution is -0.136. The minimum Gasteiger partial charge on any atom is -0.481 e. The molecule has 0 aliphatic carbocycles. The van der Waals surface area contributed by atoms with Crippen molar-refractivity contribution in [2.75, 3.05) is 0 Å². The molecule has 206 valence electrons. The van der Waals surface area contributed by atoms with Crippen molar-refractivity contribution in [2.24, 2.45) is 0 Å². The number of hydrogen-bond acceptors (Lipinski definition) is 4. The minimum absolute atomic E-state index is 0.252. The van der Waals surface area contributed by atoms with E-state index in [2.05, 4.69) is 5.32 Å². The van der Waals surface area contributed by atoms with Crippen molar-refractivity contribution in [2.45, 2.75) is 25.8 Å². The van der Waals surface area contributed by atoms with Crippen molar-refractivity contribution in [3.8, 4) is 11.3 Å². The summed E-state index contributed by atoms with van der Waals surface area (Å²) in [7, 11) is 0. The van der Waals surface area contributed by atoms with Gasteiger partial charge in [-0.2, -0.15) is 0 Å². The maximum atomic E-state index is 14.2. The van der Waals surface area contributed by atoms with E-state index in [1.807, 2.05) is 24.3 Å². The number of aromatic nitrogens is 2. The van der Waals surface area contributed by atoms with Crippen molar-refractivity contribution in [3.05, 3.63) is 129 Å². The van der Waals surface area contributed by atoms with Crippen LogP contribution in [0.2, 0.25) is 10.0 Å². The molecule has 0 spiro atoms. The van der Waals surface area contributed by atoms with Crippen LogP contribution < -0.4 is 5.32 Å². The zero-order chi connectivity index (χ0) is 28.9. The molecule has 0 aliphatic heterocycles. The van der Waals surface area contributed by atoms with Crippen LogP contribution in [0.5, 0.6) is 0 Å². The molecular formula is C32H24Cl2FN3O3. The molecule has 0 radical (unpaired) electrons. The normalized spacial score (nSPS) is 11.0. The van der Waals surface area contributed by atoms with E-state index in [0.717, 1.165) is 11.1 Å². The van der Waals surface area contributed by atoms with Crippen molar-refractivity contribution in [3.63, 3.8) is 0 Å². The molecule has 4 aromatic carbocycles.